The molecule has 5 aromatic rings. The van der Waals surface area contributed by atoms with Gasteiger partial charge in [-0.2, -0.15) is 13.2 Å². The Labute approximate surface area is 337 Å². The summed E-state index contributed by atoms with van der Waals surface area (Å²) in [6, 6.07) is 15.8. The lowest BCUT2D eigenvalue weighted by atomic mass is 9.92. The summed E-state index contributed by atoms with van der Waals surface area (Å²) in [7, 11) is 0. The van der Waals surface area contributed by atoms with E-state index < -0.39 is 60.3 Å². The average molecular weight is 825 g/mol. The highest BCUT2D eigenvalue weighted by molar-refractivity contribution is 6.30. The lowest BCUT2D eigenvalue weighted by molar-refractivity contribution is -0.145. The number of nitrogens with one attached hydrogen (secondary N) is 2. The maximum absolute atomic E-state index is 14.1. The molecule has 0 saturated carbocycles. The van der Waals surface area contributed by atoms with Crippen molar-refractivity contribution in [1.82, 2.24) is 30.4 Å². The second kappa shape index (κ2) is 17.1. The summed E-state index contributed by atoms with van der Waals surface area (Å²) < 4.78 is 57.7. The largest absolute Gasteiger partial charge is 0.490 e. The van der Waals surface area contributed by atoms with Crippen LogP contribution in [-0.2, 0) is 21.5 Å². The lowest BCUT2D eigenvalue weighted by Crippen LogP contribution is -2.63. The van der Waals surface area contributed by atoms with E-state index in [1.165, 1.54) is 0 Å². The maximum Gasteiger partial charge on any atom is 0.405 e. The fraction of sp³-hybridized carbons (Fsp3) is 0.415. The van der Waals surface area contributed by atoms with Crippen LogP contribution >= 0.6 is 11.6 Å². The quantitative estimate of drug-likeness (QED) is 0.122. The van der Waals surface area contributed by atoms with Crippen LogP contribution in [0, 0.1) is 5.92 Å². The summed E-state index contributed by atoms with van der Waals surface area (Å²) >= 11 is 6.05. The number of carbonyl (C=O) groups is 2. The van der Waals surface area contributed by atoms with E-state index in [0.29, 0.717) is 45.9 Å². The molecule has 2 aliphatic heterocycles. The summed E-state index contributed by atoms with van der Waals surface area (Å²) in [4.78, 5) is 39.8. The van der Waals surface area contributed by atoms with Crippen LogP contribution in [-0.4, -0.2) is 106 Å². The standard InChI is InChI=1S/C41H44ClF3N6O7/c1-40(2,39-47-19-35(58-39)24-7-9-27(42)10-8-24)51-14-13-50(31(21-51)38(55)48-23-41(43,44)45)20-28(52)15-26(17-29-16-25-11-12-46-18-34(25)57-29)37(54)49-36-30-5-3-4-6-33(30)56-22-32(36)53/h3-12,16,18-19,26,28,31-32,36,52-53H,13-15,17,20-23H2,1-2H3,(H,48,55)(H,49,54)/t26-,28-,31-,32+,36-/m0/s1. The Morgan fingerprint density at radius 2 is 1.83 bits per heavy atom. The molecule has 0 spiro atoms. The van der Waals surface area contributed by atoms with E-state index in [0.717, 1.165) is 10.9 Å². The number of rotatable bonds is 13. The van der Waals surface area contributed by atoms with Gasteiger partial charge in [-0.3, -0.25) is 24.4 Å². The Morgan fingerprint density at radius 1 is 1.05 bits per heavy atom. The zero-order valence-electron chi connectivity index (χ0n) is 31.8. The van der Waals surface area contributed by atoms with Crippen molar-refractivity contribution < 1.29 is 46.5 Å². The van der Waals surface area contributed by atoms with E-state index in [9.17, 15) is 33.0 Å². The van der Waals surface area contributed by atoms with Crippen molar-refractivity contribution in [3.05, 3.63) is 101 Å². The number of ether oxygens (including phenoxy) is 1. The fourth-order valence-electron chi connectivity index (χ4n) is 7.57. The summed E-state index contributed by atoms with van der Waals surface area (Å²) in [6.07, 6.45) is -2.17. The van der Waals surface area contributed by atoms with Crippen molar-refractivity contribution in [2.24, 2.45) is 5.92 Å². The number of fused-ring (bicyclic) bond motifs is 2. The molecule has 3 aromatic heterocycles. The molecule has 0 radical (unpaired) electrons. The van der Waals surface area contributed by atoms with Crippen LogP contribution in [0.25, 0.3) is 22.3 Å². The zero-order chi connectivity index (χ0) is 41.2. The number of para-hydroxylation sites is 1. The number of pyridine rings is 1. The monoisotopic (exact) mass is 824 g/mol. The Morgan fingerprint density at radius 3 is 2.59 bits per heavy atom. The number of oxazole rings is 1. The third kappa shape index (κ3) is 9.48. The van der Waals surface area contributed by atoms with Gasteiger partial charge in [0.1, 0.15) is 36.8 Å². The SMILES string of the molecule is CC(C)(c1ncc(-c2ccc(Cl)cc2)o1)N1CCN(C[C@@H](O)C[C@@H](Cc2cc3ccncc3o2)C(=O)N[C@H]2c3ccccc3OC[C@H]2O)[C@H](C(=O)NCC(F)(F)F)C1. The number of nitrogens with zero attached hydrogens (tertiary/aromatic N) is 4. The van der Waals surface area contributed by atoms with E-state index in [4.69, 9.17) is 25.2 Å². The number of carbonyl (C=O) groups excluding carboxylic acids is 2. The Kier molecular flexibility index (Phi) is 12.1. The van der Waals surface area contributed by atoms with Gasteiger partial charge in [0.25, 0.3) is 0 Å². The molecule has 1 saturated heterocycles. The fourth-order valence-corrected chi connectivity index (χ4v) is 7.70. The van der Waals surface area contributed by atoms with Gasteiger partial charge >= 0.3 is 6.18 Å². The number of halogens is 4. The first kappa shape index (κ1) is 41.2. The molecule has 5 heterocycles. The van der Waals surface area contributed by atoms with Crippen molar-refractivity contribution in [2.75, 3.05) is 39.3 Å². The molecule has 308 valence electrons. The van der Waals surface area contributed by atoms with Crippen LogP contribution in [0.2, 0.25) is 5.02 Å². The number of furan rings is 1. The predicted octanol–water partition coefficient (Wildman–Crippen LogP) is 5.26. The van der Waals surface area contributed by atoms with Crippen LogP contribution in [0.5, 0.6) is 5.75 Å². The van der Waals surface area contributed by atoms with E-state index in [1.54, 1.807) is 84.2 Å². The molecule has 17 heteroatoms. The van der Waals surface area contributed by atoms with Crippen LogP contribution in [0.15, 0.2) is 88.1 Å². The first-order valence-corrected chi connectivity index (χ1v) is 19.3. The zero-order valence-corrected chi connectivity index (χ0v) is 32.5. The van der Waals surface area contributed by atoms with Gasteiger partial charge in [0.15, 0.2) is 11.3 Å². The van der Waals surface area contributed by atoms with E-state index >= 15 is 0 Å². The Balaban J connectivity index is 1.09. The molecule has 2 amide bonds. The van der Waals surface area contributed by atoms with Gasteiger partial charge in [-0.05, 0) is 62.7 Å². The number of hydrogen-bond donors (Lipinski definition) is 4. The summed E-state index contributed by atoms with van der Waals surface area (Å²) in [5.41, 5.74) is 0.977. The first-order chi connectivity index (χ1) is 27.6. The predicted molar refractivity (Wildman–Crippen MR) is 207 cm³/mol. The number of piperazine rings is 1. The highest BCUT2D eigenvalue weighted by Gasteiger charge is 2.43. The van der Waals surface area contributed by atoms with Crippen molar-refractivity contribution in [3.8, 4) is 17.1 Å². The number of aliphatic hydroxyl groups excluding tert-OH is 2. The average Bonchev–Trinajstić information content (AvgIpc) is 3.86. The molecule has 13 nitrogen and oxygen atoms in total. The highest BCUT2D eigenvalue weighted by Crippen LogP contribution is 2.35. The summed E-state index contributed by atoms with van der Waals surface area (Å²) in [6.45, 7) is 2.53. The molecular formula is C41H44ClF3N6O7. The number of alkyl halides is 3. The highest BCUT2D eigenvalue weighted by atomic mass is 35.5. The second-order valence-corrected chi connectivity index (χ2v) is 15.6. The van der Waals surface area contributed by atoms with Gasteiger partial charge < -0.3 is 34.4 Å². The molecule has 2 aromatic carbocycles. The lowest BCUT2D eigenvalue weighted by Gasteiger charge is -2.46. The number of hydrogen-bond acceptors (Lipinski definition) is 11. The normalized spacial score (nSPS) is 20.2. The molecule has 4 N–H and O–H groups in total. The molecule has 1 fully saturated rings. The molecule has 0 aliphatic carbocycles. The van der Waals surface area contributed by atoms with Crippen molar-refractivity contribution in [2.45, 2.75) is 62.7 Å². The molecule has 0 unspecified atom stereocenters. The van der Waals surface area contributed by atoms with Crippen molar-refractivity contribution >= 4 is 34.4 Å². The summed E-state index contributed by atoms with van der Waals surface area (Å²) in [5, 5.41) is 28.8. The number of amides is 2. The van der Waals surface area contributed by atoms with Crippen LogP contribution < -0.4 is 15.4 Å². The van der Waals surface area contributed by atoms with Crippen LogP contribution in [0.4, 0.5) is 13.2 Å². The smallest absolute Gasteiger partial charge is 0.405 e. The molecule has 5 atom stereocenters. The third-order valence-corrected chi connectivity index (χ3v) is 11.0. The van der Waals surface area contributed by atoms with E-state index in [2.05, 4.69) is 15.3 Å². The number of benzene rings is 2. The molecule has 2 aliphatic rings. The van der Waals surface area contributed by atoms with Gasteiger partial charge in [0.2, 0.25) is 17.7 Å². The molecular weight excluding hydrogens is 781 g/mol. The minimum Gasteiger partial charge on any atom is -0.490 e. The minimum atomic E-state index is -4.64. The number of aromatic nitrogens is 2. The van der Waals surface area contributed by atoms with Crippen molar-refractivity contribution in [1.29, 1.82) is 0 Å². The third-order valence-electron chi connectivity index (χ3n) is 10.7. The van der Waals surface area contributed by atoms with Gasteiger partial charge in [-0.25, -0.2) is 4.98 Å². The van der Waals surface area contributed by atoms with Gasteiger partial charge in [0, 0.05) is 66.3 Å². The van der Waals surface area contributed by atoms with Crippen molar-refractivity contribution in [3.63, 3.8) is 0 Å². The van der Waals surface area contributed by atoms with Gasteiger partial charge in [-0.15, -0.1) is 0 Å². The van der Waals surface area contributed by atoms with Gasteiger partial charge in [-0.1, -0.05) is 29.8 Å². The number of β-amino-alcohol motifs (C(OH)–C–C–N with tert-alkyl or cyclic N) is 1. The van der Waals surface area contributed by atoms with Gasteiger partial charge in [0.05, 0.1) is 30.1 Å². The molecule has 0 bridgehead atoms. The summed E-state index contributed by atoms with van der Waals surface area (Å²) in [5.74, 6) is -0.383. The first-order valence-electron chi connectivity index (χ1n) is 18.9. The van der Waals surface area contributed by atoms with E-state index in [-0.39, 0.29) is 39.1 Å². The van der Waals surface area contributed by atoms with Crippen LogP contribution in [0.1, 0.15) is 43.5 Å². The topological polar surface area (TPSA) is 166 Å². The minimum absolute atomic E-state index is 0.0138. The Bertz CT molecular complexity index is 2180. The Hall–Kier alpha value is -5.00. The second-order valence-electron chi connectivity index (χ2n) is 15.2. The van der Waals surface area contributed by atoms with E-state index in [1.807, 2.05) is 24.1 Å². The molecule has 58 heavy (non-hydrogen) atoms. The molecule has 7 rings (SSSR count). The number of aliphatic hydroxyl groups is 2. The maximum atomic E-state index is 14.1. The van der Waals surface area contributed by atoms with Crippen LogP contribution in [0.3, 0.4) is 0 Å².